The summed E-state index contributed by atoms with van der Waals surface area (Å²) >= 11 is 0. The van der Waals surface area contributed by atoms with Gasteiger partial charge < -0.3 is 16.0 Å². The largest absolute Gasteiger partial charge is 0.356 e. The van der Waals surface area contributed by atoms with E-state index in [4.69, 9.17) is 0 Å². The lowest BCUT2D eigenvalue weighted by Gasteiger charge is -2.21. The van der Waals surface area contributed by atoms with Crippen LogP contribution in [0, 0.1) is 5.92 Å². The molecule has 1 saturated carbocycles. The molecule has 3 aromatic rings. The van der Waals surface area contributed by atoms with Crippen molar-refractivity contribution in [1.82, 2.24) is 0 Å². The fourth-order valence-corrected chi connectivity index (χ4v) is 3.91. The molecular weight excluding hydrogens is 386 g/mol. The summed E-state index contributed by atoms with van der Waals surface area (Å²) in [5.41, 5.74) is 3.64. The maximum absolute atomic E-state index is 12.9. The molecule has 0 bridgehead atoms. The molecule has 3 N–H and O–H groups in total. The standard InChI is InChI=1S/C26H27N3O2/c30-25(19-9-3-1-4-10-19)29-24-14-8-7-13-23(24)26(31)28-22-17-15-21(16-18-22)27-20-11-5-2-6-12-20/h2,5-8,11-19,27H,1,3-4,9-10H2,(H,28,31)(H,29,30). The van der Waals surface area contributed by atoms with Crippen LogP contribution in [-0.2, 0) is 4.79 Å². The smallest absolute Gasteiger partial charge is 0.257 e. The molecule has 0 aromatic heterocycles. The Labute approximate surface area is 182 Å². The number of para-hydroxylation sites is 2. The molecule has 1 fully saturated rings. The Morgan fingerprint density at radius 2 is 1.26 bits per heavy atom. The van der Waals surface area contributed by atoms with Crippen LogP contribution in [0.1, 0.15) is 42.5 Å². The average molecular weight is 414 g/mol. The molecule has 0 aliphatic heterocycles. The Bertz CT molecular complexity index is 1030. The van der Waals surface area contributed by atoms with Crippen molar-refractivity contribution in [1.29, 1.82) is 0 Å². The van der Waals surface area contributed by atoms with Crippen molar-refractivity contribution in [3.05, 3.63) is 84.4 Å². The van der Waals surface area contributed by atoms with E-state index in [1.54, 1.807) is 18.2 Å². The second-order valence-electron chi connectivity index (χ2n) is 7.89. The lowest BCUT2D eigenvalue weighted by Crippen LogP contribution is -2.26. The molecule has 5 heteroatoms. The van der Waals surface area contributed by atoms with Crippen LogP contribution in [0.4, 0.5) is 22.7 Å². The molecule has 3 aromatic carbocycles. The van der Waals surface area contributed by atoms with E-state index in [2.05, 4.69) is 16.0 Å². The first-order valence-electron chi connectivity index (χ1n) is 10.8. The summed E-state index contributed by atoms with van der Waals surface area (Å²) in [7, 11) is 0. The van der Waals surface area contributed by atoms with Crippen LogP contribution in [0.5, 0.6) is 0 Å². The highest BCUT2D eigenvalue weighted by atomic mass is 16.2. The molecule has 1 aliphatic carbocycles. The zero-order valence-electron chi connectivity index (χ0n) is 17.4. The maximum atomic E-state index is 12.9. The summed E-state index contributed by atoms with van der Waals surface area (Å²) in [6.07, 6.45) is 5.22. The molecule has 5 nitrogen and oxygen atoms in total. The Morgan fingerprint density at radius 1 is 0.645 bits per heavy atom. The van der Waals surface area contributed by atoms with Gasteiger partial charge in [-0.1, -0.05) is 49.6 Å². The zero-order valence-corrected chi connectivity index (χ0v) is 17.4. The van der Waals surface area contributed by atoms with E-state index >= 15 is 0 Å². The van der Waals surface area contributed by atoms with E-state index in [-0.39, 0.29) is 17.7 Å². The van der Waals surface area contributed by atoms with E-state index in [1.807, 2.05) is 60.7 Å². The number of benzene rings is 3. The van der Waals surface area contributed by atoms with E-state index < -0.39 is 0 Å². The topological polar surface area (TPSA) is 70.2 Å². The summed E-state index contributed by atoms with van der Waals surface area (Å²) in [5, 5.41) is 9.22. The molecule has 0 saturated heterocycles. The van der Waals surface area contributed by atoms with Crippen molar-refractivity contribution < 1.29 is 9.59 Å². The predicted octanol–water partition coefficient (Wildman–Crippen LogP) is 6.20. The van der Waals surface area contributed by atoms with Gasteiger partial charge in [0, 0.05) is 23.0 Å². The Hall–Kier alpha value is -3.60. The lowest BCUT2D eigenvalue weighted by molar-refractivity contribution is -0.120. The van der Waals surface area contributed by atoms with Crippen LogP contribution in [0.3, 0.4) is 0 Å². The first-order valence-corrected chi connectivity index (χ1v) is 10.8. The Balaban J connectivity index is 1.41. The molecule has 0 radical (unpaired) electrons. The van der Waals surface area contributed by atoms with Crippen LogP contribution in [0.2, 0.25) is 0 Å². The van der Waals surface area contributed by atoms with Crippen molar-refractivity contribution in [3.63, 3.8) is 0 Å². The summed E-state index contributed by atoms with van der Waals surface area (Å²) < 4.78 is 0. The van der Waals surface area contributed by atoms with Gasteiger partial charge >= 0.3 is 0 Å². The van der Waals surface area contributed by atoms with Crippen LogP contribution in [0.25, 0.3) is 0 Å². The number of nitrogens with one attached hydrogen (secondary N) is 3. The summed E-state index contributed by atoms with van der Waals surface area (Å²) in [5.74, 6) is -0.200. The fourth-order valence-electron chi connectivity index (χ4n) is 3.91. The quantitative estimate of drug-likeness (QED) is 0.450. The Kier molecular flexibility index (Phi) is 6.62. The van der Waals surface area contributed by atoms with E-state index in [1.165, 1.54) is 6.42 Å². The van der Waals surface area contributed by atoms with Crippen LogP contribution in [-0.4, -0.2) is 11.8 Å². The predicted molar refractivity (Wildman–Crippen MR) is 126 cm³/mol. The highest BCUT2D eigenvalue weighted by Crippen LogP contribution is 2.26. The van der Waals surface area contributed by atoms with Gasteiger partial charge in [-0.25, -0.2) is 0 Å². The third-order valence-corrected chi connectivity index (χ3v) is 5.61. The molecular formula is C26H27N3O2. The minimum Gasteiger partial charge on any atom is -0.356 e. The van der Waals surface area contributed by atoms with Gasteiger partial charge in [0.1, 0.15) is 0 Å². The van der Waals surface area contributed by atoms with E-state index in [0.717, 1.165) is 37.1 Å². The first-order chi connectivity index (χ1) is 15.2. The van der Waals surface area contributed by atoms with E-state index in [9.17, 15) is 9.59 Å². The number of amides is 2. The first kappa shape index (κ1) is 20.7. The second-order valence-corrected chi connectivity index (χ2v) is 7.89. The normalized spacial score (nSPS) is 13.9. The molecule has 4 rings (SSSR count). The van der Waals surface area contributed by atoms with E-state index in [0.29, 0.717) is 16.9 Å². The monoisotopic (exact) mass is 413 g/mol. The molecule has 0 atom stereocenters. The van der Waals surface area contributed by atoms with Gasteiger partial charge in [0.15, 0.2) is 0 Å². The fraction of sp³-hybridized carbons (Fsp3) is 0.231. The van der Waals surface area contributed by atoms with Crippen molar-refractivity contribution in [2.75, 3.05) is 16.0 Å². The van der Waals surface area contributed by atoms with Crippen molar-refractivity contribution in [3.8, 4) is 0 Å². The molecule has 0 spiro atoms. The van der Waals surface area contributed by atoms with Gasteiger partial charge in [-0.15, -0.1) is 0 Å². The summed E-state index contributed by atoms with van der Waals surface area (Å²) in [4.78, 5) is 25.5. The van der Waals surface area contributed by atoms with Crippen LogP contribution in [0.15, 0.2) is 78.9 Å². The summed E-state index contributed by atoms with van der Waals surface area (Å²) in [6.45, 7) is 0. The SMILES string of the molecule is O=C(Nc1ccc(Nc2ccccc2)cc1)c1ccccc1NC(=O)C1CCCCC1. The molecule has 158 valence electrons. The molecule has 2 amide bonds. The van der Waals surface area contributed by atoms with Gasteiger partial charge in [-0.05, 0) is 61.4 Å². The lowest BCUT2D eigenvalue weighted by atomic mass is 9.88. The number of anilines is 4. The zero-order chi connectivity index (χ0) is 21.5. The molecule has 1 aliphatic rings. The molecule has 0 unspecified atom stereocenters. The molecule has 31 heavy (non-hydrogen) atoms. The number of rotatable bonds is 6. The third-order valence-electron chi connectivity index (χ3n) is 5.61. The van der Waals surface area contributed by atoms with Crippen molar-refractivity contribution in [2.45, 2.75) is 32.1 Å². The van der Waals surface area contributed by atoms with Gasteiger partial charge in [-0.3, -0.25) is 9.59 Å². The van der Waals surface area contributed by atoms with Gasteiger partial charge in [-0.2, -0.15) is 0 Å². The highest BCUT2D eigenvalue weighted by molar-refractivity contribution is 6.10. The number of hydrogen-bond donors (Lipinski definition) is 3. The number of carbonyl (C=O) groups is 2. The molecule has 0 heterocycles. The van der Waals surface area contributed by atoms with Gasteiger partial charge in [0.05, 0.1) is 11.3 Å². The van der Waals surface area contributed by atoms with Crippen molar-refractivity contribution in [2.24, 2.45) is 5.92 Å². The maximum Gasteiger partial charge on any atom is 0.257 e. The van der Waals surface area contributed by atoms with Crippen LogP contribution >= 0.6 is 0 Å². The second kappa shape index (κ2) is 9.94. The average Bonchev–Trinajstić information content (AvgIpc) is 2.82. The number of carbonyl (C=O) groups excluding carboxylic acids is 2. The van der Waals surface area contributed by atoms with Gasteiger partial charge in [0.25, 0.3) is 5.91 Å². The van der Waals surface area contributed by atoms with Gasteiger partial charge in [0.2, 0.25) is 5.91 Å². The summed E-state index contributed by atoms with van der Waals surface area (Å²) in [6, 6.07) is 24.6. The Morgan fingerprint density at radius 3 is 2.00 bits per heavy atom. The minimum absolute atomic E-state index is 0.0105. The number of hydrogen-bond acceptors (Lipinski definition) is 3. The van der Waals surface area contributed by atoms with Crippen LogP contribution < -0.4 is 16.0 Å². The highest BCUT2D eigenvalue weighted by Gasteiger charge is 2.22. The van der Waals surface area contributed by atoms with Crippen molar-refractivity contribution >= 4 is 34.6 Å². The minimum atomic E-state index is -0.247. The third kappa shape index (κ3) is 5.51.